The van der Waals surface area contributed by atoms with Crippen LogP contribution in [0.25, 0.3) is 0 Å². The molecule has 0 amide bonds. The SMILES string of the molecule is CCC(C)(C)C(=O)OCCC(C)(F)F. The van der Waals surface area contributed by atoms with E-state index in [1.165, 1.54) is 0 Å². The van der Waals surface area contributed by atoms with Crippen LogP contribution in [0.1, 0.15) is 40.5 Å². The zero-order valence-electron chi connectivity index (χ0n) is 9.19. The molecule has 0 heterocycles. The number of alkyl halides is 2. The van der Waals surface area contributed by atoms with Crippen LogP contribution in [0.5, 0.6) is 0 Å². The molecule has 14 heavy (non-hydrogen) atoms. The first kappa shape index (κ1) is 13.3. The third kappa shape index (κ3) is 5.14. The molecule has 0 aliphatic heterocycles. The van der Waals surface area contributed by atoms with E-state index in [1.807, 2.05) is 6.92 Å². The van der Waals surface area contributed by atoms with Gasteiger partial charge in [0.2, 0.25) is 5.92 Å². The normalized spacial score (nSPS) is 12.7. The molecule has 4 heteroatoms. The van der Waals surface area contributed by atoms with E-state index >= 15 is 0 Å². The minimum absolute atomic E-state index is 0.217. The fraction of sp³-hybridized carbons (Fsp3) is 0.900. The van der Waals surface area contributed by atoms with Crippen LogP contribution < -0.4 is 0 Å². The Morgan fingerprint density at radius 2 is 1.79 bits per heavy atom. The van der Waals surface area contributed by atoms with Crippen LogP contribution in [0.4, 0.5) is 8.78 Å². The number of halogens is 2. The molecule has 0 spiro atoms. The predicted molar refractivity (Wildman–Crippen MR) is 50.3 cm³/mol. The molecule has 0 radical (unpaired) electrons. The predicted octanol–water partition coefficient (Wildman–Crippen LogP) is 3.01. The Balaban J connectivity index is 3.87. The van der Waals surface area contributed by atoms with E-state index in [2.05, 4.69) is 0 Å². The standard InChI is InChI=1S/C10H18F2O2/c1-5-9(2,3)8(13)14-7-6-10(4,11)12/h5-7H2,1-4H3. The molecular weight excluding hydrogens is 190 g/mol. The first-order valence-electron chi connectivity index (χ1n) is 4.74. The molecule has 0 aromatic heterocycles. The van der Waals surface area contributed by atoms with Gasteiger partial charge in [0.05, 0.1) is 12.0 Å². The summed E-state index contributed by atoms with van der Waals surface area (Å²) in [6.07, 6.45) is 0.215. The van der Waals surface area contributed by atoms with Crippen molar-refractivity contribution in [3.8, 4) is 0 Å². The van der Waals surface area contributed by atoms with Crippen LogP contribution in [0.2, 0.25) is 0 Å². The Hall–Kier alpha value is -0.670. The molecule has 0 aliphatic carbocycles. The molecule has 0 fully saturated rings. The van der Waals surface area contributed by atoms with Crippen molar-refractivity contribution in [2.75, 3.05) is 6.61 Å². The average Bonchev–Trinajstić information content (AvgIpc) is 2.02. The molecule has 84 valence electrons. The molecule has 0 rings (SSSR count). The molecule has 0 bridgehead atoms. The number of rotatable bonds is 5. The minimum atomic E-state index is -2.77. The Labute approximate surface area is 83.6 Å². The highest BCUT2D eigenvalue weighted by Crippen LogP contribution is 2.22. The van der Waals surface area contributed by atoms with Gasteiger partial charge in [0.1, 0.15) is 0 Å². The lowest BCUT2D eigenvalue weighted by Crippen LogP contribution is -2.27. The molecule has 2 nitrogen and oxygen atoms in total. The van der Waals surface area contributed by atoms with Crippen molar-refractivity contribution in [1.82, 2.24) is 0 Å². The van der Waals surface area contributed by atoms with Gasteiger partial charge in [-0.3, -0.25) is 4.79 Å². The second-order valence-electron chi connectivity index (χ2n) is 4.19. The fourth-order valence-corrected chi connectivity index (χ4v) is 0.663. The van der Waals surface area contributed by atoms with Gasteiger partial charge >= 0.3 is 5.97 Å². The highest BCUT2D eigenvalue weighted by molar-refractivity contribution is 5.75. The molecule has 0 saturated carbocycles. The van der Waals surface area contributed by atoms with E-state index < -0.39 is 23.7 Å². The largest absolute Gasteiger partial charge is 0.465 e. The summed E-state index contributed by atoms with van der Waals surface area (Å²) < 4.78 is 29.5. The average molecular weight is 208 g/mol. The maximum atomic E-state index is 12.4. The van der Waals surface area contributed by atoms with Gasteiger partial charge in [0, 0.05) is 6.42 Å². The molecule has 0 aromatic carbocycles. The van der Waals surface area contributed by atoms with Crippen LogP contribution in [-0.4, -0.2) is 18.5 Å². The minimum Gasteiger partial charge on any atom is -0.465 e. The number of hydrogen-bond donors (Lipinski definition) is 0. The molecular formula is C10H18F2O2. The summed E-state index contributed by atoms with van der Waals surface area (Å²) in [4.78, 5) is 11.3. The number of carbonyl (C=O) groups excluding carboxylic acids is 1. The second kappa shape index (κ2) is 4.71. The fourth-order valence-electron chi connectivity index (χ4n) is 0.663. The van der Waals surface area contributed by atoms with E-state index in [1.54, 1.807) is 13.8 Å². The topological polar surface area (TPSA) is 26.3 Å². The lowest BCUT2D eigenvalue weighted by atomic mass is 9.91. The highest BCUT2D eigenvalue weighted by Gasteiger charge is 2.28. The van der Waals surface area contributed by atoms with Crippen molar-refractivity contribution in [3.63, 3.8) is 0 Å². The number of carbonyl (C=O) groups is 1. The van der Waals surface area contributed by atoms with Crippen molar-refractivity contribution in [2.45, 2.75) is 46.5 Å². The van der Waals surface area contributed by atoms with E-state index in [0.717, 1.165) is 6.92 Å². The molecule has 0 N–H and O–H groups in total. The van der Waals surface area contributed by atoms with Crippen molar-refractivity contribution in [3.05, 3.63) is 0 Å². The monoisotopic (exact) mass is 208 g/mol. The molecule has 0 aromatic rings. The van der Waals surface area contributed by atoms with Gasteiger partial charge in [-0.05, 0) is 27.2 Å². The highest BCUT2D eigenvalue weighted by atomic mass is 19.3. The van der Waals surface area contributed by atoms with Crippen molar-refractivity contribution in [1.29, 1.82) is 0 Å². The van der Waals surface area contributed by atoms with Crippen molar-refractivity contribution < 1.29 is 18.3 Å². The lowest BCUT2D eigenvalue weighted by Gasteiger charge is -2.20. The maximum absolute atomic E-state index is 12.4. The van der Waals surface area contributed by atoms with Gasteiger partial charge in [-0.2, -0.15) is 0 Å². The Bertz CT molecular complexity index is 195. The smallest absolute Gasteiger partial charge is 0.311 e. The summed E-state index contributed by atoms with van der Waals surface area (Å²) in [5.41, 5.74) is -0.580. The number of ether oxygens (including phenoxy) is 1. The van der Waals surface area contributed by atoms with Crippen LogP contribution in [0, 0.1) is 5.41 Å². The van der Waals surface area contributed by atoms with Gasteiger partial charge in [0.25, 0.3) is 0 Å². The summed E-state index contributed by atoms with van der Waals surface area (Å²) in [5, 5.41) is 0. The van der Waals surface area contributed by atoms with Gasteiger partial charge in [-0.1, -0.05) is 6.92 Å². The Morgan fingerprint density at radius 3 is 2.14 bits per heavy atom. The Kier molecular flexibility index (Phi) is 4.49. The maximum Gasteiger partial charge on any atom is 0.311 e. The van der Waals surface area contributed by atoms with Crippen molar-refractivity contribution in [2.24, 2.45) is 5.41 Å². The molecule has 0 aliphatic rings. The van der Waals surface area contributed by atoms with E-state index in [-0.39, 0.29) is 6.61 Å². The molecule has 0 atom stereocenters. The second-order valence-corrected chi connectivity index (χ2v) is 4.19. The summed E-state index contributed by atoms with van der Waals surface area (Å²) in [7, 11) is 0. The summed E-state index contributed by atoms with van der Waals surface area (Å²) >= 11 is 0. The summed E-state index contributed by atoms with van der Waals surface area (Å²) in [6.45, 7) is 5.92. The van der Waals surface area contributed by atoms with Gasteiger partial charge in [-0.15, -0.1) is 0 Å². The van der Waals surface area contributed by atoms with E-state index in [9.17, 15) is 13.6 Å². The van der Waals surface area contributed by atoms with Gasteiger partial charge in [0.15, 0.2) is 0 Å². The zero-order valence-corrected chi connectivity index (χ0v) is 9.19. The van der Waals surface area contributed by atoms with E-state index in [4.69, 9.17) is 4.74 Å². The van der Waals surface area contributed by atoms with Crippen LogP contribution >= 0.6 is 0 Å². The molecule has 0 unspecified atom stereocenters. The quantitative estimate of drug-likeness (QED) is 0.649. The van der Waals surface area contributed by atoms with Crippen LogP contribution in [0.3, 0.4) is 0 Å². The summed E-state index contributed by atoms with van der Waals surface area (Å²) in [6, 6.07) is 0. The van der Waals surface area contributed by atoms with Crippen LogP contribution in [0.15, 0.2) is 0 Å². The lowest BCUT2D eigenvalue weighted by molar-refractivity contribution is -0.156. The van der Waals surface area contributed by atoms with Gasteiger partial charge in [-0.25, -0.2) is 8.78 Å². The van der Waals surface area contributed by atoms with Crippen LogP contribution in [-0.2, 0) is 9.53 Å². The molecule has 0 saturated heterocycles. The van der Waals surface area contributed by atoms with E-state index in [0.29, 0.717) is 6.42 Å². The first-order valence-corrected chi connectivity index (χ1v) is 4.74. The Morgan fingerprint density at radius 1 is 1.29 bits per heavy atom. The van der Waals surface area contributed by atoms with Crippen molar-refractivity contribution >= 4 is 5.97 Å². The summed E-state index contributed by atoms with van der Waals surface area (Å²) in [5.74, 6) is -3.18. The first-order chi connectivity index (χ1) is 6.19. The van der Waals surface area contributed by atoms with Gasteiger partial charge < -0.3 is 4.74 Å². The zero-order chi connectivity index (χ0) is 11.4. The number of hydrogen-bond acceptors (Lipinski definition) is 2. The third-order valence-corrected chi connectivity index (χ3v) is 2.21. The number of esters is 1. The third-order valence-electron chi connectivity index (χ3n) is 2.21.